The highest BCUT2D eigenvalue weighted by molar-refractivity contribution is 7.99. The molecule has 1 aliphatic heterocycles. The average Bonchev–Trinajstić information content (AvgIpc) is 3.60. The van der Waals surface area contributed by atoms with Crippen LogP contribution in [0.2, 0.25) is 0 Å². The molecule has 0 saturated carbocycles. The molecule has 166 valence electrons. The molecule has 4 aromatic rings. The molecule has 0 aliphatic carbocycles. The van der Waals surface area contributed by atoms with E-state index in [1.54, 1.807) is 23.1 Å². The van der Waals surface area contributed by atoms with Crippen LogP contribution in [-0.4, -0.2) is 43.0 Å². The Morgan fingerprint density at radius 3 is 2.50 bits per heavy atom. The number of hydrogen-bond donors (Lipinski definition) is 0. The summed E-state index contributed by atoms with van der Waals surface area (Å²) < 4.78 is 8.14. The summed E-state index contributed by atoms with van der Waals surface area (Å²) >= 11 is 3.18. The standard InChI is InChI=1S/C23H26N6OS2/c1-16(28-13-7-4-8-14-28)20-24-27-23(29(20)18-10-5-3-6-11-18)32-17(2)21-25-26-22(30-21)19-12-9-15-31-19/h3,5-6,9-12,15-17H,4,7-8,13-14H2,1-2H3. The molecule has 1 fully saturated rings. The molecule has 1 aliphatic rings. The second-order valence-corrected chi connectivity index (χ2v) is 10.2. The molecule has 0 amide bonds. The van der Waals surface area contributed by atoms with Crippen molar-refractivity contribution in [1.82, 2.24) is 29.9 Å². The molecule has 2 atom stereocenters. The van der Waals surface area contributed by atoms with E-state index in [1.807, 2.05) is 35.7 Å². The number of para-hydroxylation sites is 1. The number of aromatic nitrogens is 5. The van der Waals surface area contributed by atoms with Gasteiger partial charge in [-0.3, -0.25) is 9.47 Å². The van der Waals surface area contributed by atoms with Gasteiger partial charge in [0.25, 0.3) is 5.89 Å². The molecule has 5 rings (SSSR count). The van der Waals surface area contributed by atoms with Gasteiger partial charge in [-0.1, -0.05) is 42.4 Å². The lowest BCUT2D eigenvalue weighted by Gasteiger charge is -2.31. The number of thioether (sulfide) groups is 1. The maximum Gasteiger partial charge on any atom is 0.257 e. The smallest absolute Gasteiger partial charge is 0.257 e. The Morgan fingerprint density at radius 2 is 1.75 bits per heavy atom. The van der Waals surface area contributed by atoms with Crippen LogP contribution in [0, 0.1) is 0 Å². The fourth-order valence-corrected chi connectivity index (χ4v) is 5.57. The van der Waals surface area contributed by atoms with Crippen molar-refractivity contribution in [2.75, 3.05) is 13.1 Å². The summed E-state index contributed by atoms with van der Waals surface area (Å²) in [4.78, 5) is 3.49. The Hall–Kier alpha value is -2.49. The van der Waals surface area contributed by atoms with Crippen LogP contribution in [0.5, 0.6) is 0 Å². The zero-order valence-corrected chi connectivity index (χ0v) is 19.9. The number of hydrogen-bond acceptors (Lipinski definition) is 8. The largest absolute Gasteiger partial charge is 0.419 e. The lowest BCUT2D eigenvalue weighted by molar-refractivity contribution is 0.167. The zero-order chi connectivity index (χ0) is 21.9. The molecular formula is C23H26N6OS2. The molecule has 2 unspecified atom stereocenters. The second-order valence-electron chi connectivity index (χ2n) is 7.97. The van der Waals surface area contributed by atoms with Gasteiger partial charge in [0.15, 0.2) is 11.0 Å². The SMILES string of the molecule is CC(Sc1nnc(C(C)N2CCCCC2)n1-c1ccccc1)c1nnc(-c2cccs2)o1. The number of nitrogens with zero attached hydrogens (tertiary/aromatic N) is 6. The van der Waals surface area contributed by atoms with Crippen LogP contribution in [0.1, 0.15) is 56.1 Å². The molecule has 9 heteroatoms. The monoisotopic (exact) mass is 466 g/mol. The van der Waals surface area contributed by atoms with Crippen LogP contribution < -0.4 is 0 Å². The summed E-state index contributed by atoms with van der Waals surface area (Å²) in [6, 6.07) is 14.5. The first-order valence-corrected chi connectivity index (χ1v) is 12.8. The highest BCUT2D eigenvalue weighted by atomic mass is 32.2. The van der Waals surface area contributed by atoms with Crippen LogP contribution in [0.4, 0.5) is 0 Å². The van der Waals surface area contributed by atoms with Crippen molar-refractivity contribution in [2.24, 2.45) is 0 Å². The third kappa shape index (κ3) is 4.37. The number of benzene rings is 1. The Kier molecular flexibility index (Phi) is 6.38. The van der Waals surface area contributed by atoms with Gasteiger partial charge < -0.3 is 4.42 Å². The van der Waals surface area contributed by atoms with E-state index in [1.165, 1.54) is 19.3 Å². The van der Waals surface area contributed by atoms with Crippen molar-refractivity contribution in [3.05, 3.63) is 59.6 Å². The topological polar surface area (TPSA) is 72.9 Å². The molecule has 0 N–H and O–H groups in total. The molecule has 1 aromatic carbocycles. The van der Waals surface area contributed by atoms with Gasteiger partial charge in [0.2, 0.25) is 5.89 Å². The number of piperidine rings is 1. The van der Waals surface area contributed by atoms with Gasteiger partial charge in [-0.2, -0.15) is 0 Å². The van der Waals surface area contributed by atoms with Crippen LogP contribution in [0.3, 0.4) is 0 Å². The van der Waals surface area contributed by atoms with Crippen molar-refractivity contribution in [3.63, 3.8) is 0 Å². The van der Waals surface area contributed by atoms with Crippen LogP contribution in [0.15, 0.2) is 57.4 Å². The number of likely N-dealkylation sites (tertiary alicyclic amines) is 1. The van der Waals surface area contributed by atoms with E-state index in [0.29, 0.717) is 11.8 Å². The highest BCUT2D eigenvalue weighted by Crippen LogP contribution is 2.37. The first kappa shape index (κ1) is 21.4. The normalized spacial score (nSPS) is 16.8. The second kappa shape index (κ2) is 9.56. The first-order valence-electron chi connectivity index (χ1n) is 11.0. The van der Waals surface area contributed by atoms with Gasteiger partial charge in [0, 0.05) is 5.69 Å². The molecule has 4 heterocycles. The lowest BCUT2D eigenvalue weighted by Crippen LogP contribution is -2.33. The predicted molar refractivity (Wildman–Crippen MR) is 127 cm³/mol. The van der Waals surface area contributed by atoms with E-state index in [9.17, 15) is 0 Å². The van der Waals surface area contributed by atoms with Gasteiger partial charge in [-0.25, -0.2) is 0 Å². The van der Waals surface area contributed by atoms with E-state index in [2.05, 4.69) is 55.8 Å². The quantitative estimate of drug-likeness (QED) is 0.320. The summed E-state index contributed by atoms with van der Waals surface area (Å²) in [5, 5.41) is 20.5. The molecule has 0 spiro atoms. The first-order chi connectivity index (χ1) is 15.7. The third-order valence-electron chi connectivity index (χ3n) is 5.79. The van der Waals surface area contributed by atoms with Crippen molar-refractivity contribution < 1.29 is 4.42 Å². The van der Waals surface area contributed by atoms with E-state index in [4.69, 9.17) is 4.42 Å². The minimum Gasteiger partial charge on any atom is -0.419 e. The van der Waals surface area contributed by atoms with E-state index >= 15 is 0 Å². The van der Waals surface area contributed by atoms with Crippen molar-refractivity contribution in [3.8, 4) is 16.5 Å². The van der Waals surface area contributed by atoms with Crippen LogP contribution >= 0.6 is 23.1 Å². The summed E-state index contributed by atoms with van der Waals surface area (Å²) in [6.45, 7) is 6.51. The predicted octanol–water partition coefficient (Wildman–Crippen LogP) is 5.78. The molecule has 0 bridgehead atoms. The maximum atomic E-state index is 5.96. The number of thiophene rings is 1. The third-order valence-corrected chi connectivity index (χ3v) is 7.68. The fourth-order valence-electron chi connectivity index (χ4n) is 4.02. The molecule has 1 saturated heterocycles. The number of rotatable bonds is 7. The van der Waals surface area contributed by atoms with Gasteiger partial charge in [-0.15, -0.1) is 31.7 Å². The van der Waals surface area contributed by atoms with Crippen LogP contribution in [-0.2, 0) is 0 Å². The van der Waals surface area contributed by atoms with Gasteiger partial charge in [0.1, 0.15) is 0 Å². The summed E-state index contributed by atoms with van der Waals surface area (Å²) in [5.41, 5.74) is 1.07. The molecular weight excluding hydrogens is 440 g/mol. The van der Waals surface area contributed by atoms with Crippen LogP contribution in [0.25, 0.3) is 16.5 Å². The Labute approximate surface area is 195 Å². The molecule has 32 heavy (non-hydrogen) atoms. The Balaban J connectivity index is 1.44. The van der Waals surface area contributed by atoms with E-state index in [-0.39, 0.29) is 11.3 Å². The summed E-state index contributed by atoms with van der Waals surface area (Å²) in [5.74, 6) is 2.12. The Morgan fingerprint density at radius 1 is 0.938 bits per heavy atom. The molecule has 0 radical (unpaired) electrons. The maximum absolute atomic E-state index is 5.96. The minimum atomic E-state index is -0.0546. The van der Waals surface area contributed by atoms with Gasteiger partial charge in [-0.05, 0) is 63.4 Å². The average molecular weight is 467 g/mol. The lowest BCUT2D eigenvalue weighted by atomic mass is 10.1. The minimum absolute atomic E-state index is 0.0546. The summed E-state index contributed by atoms with van der Waals surface area (Å²) in [7, 11) is 0. The van der Waals surface area contributed by atoms with E-state index < -0.39 is 0 Å². The van der Waals surface area contributed by atoms with Crippen molar-refractivity contribution in [2.45, 2.75) is 49.6 Å². The fraction of sp³-hybridized carbons (Fsp3) is 0.391. The highest BCUT2D eigenvalue weighted by Gasteiger charge is 2.27. The van der Waals surface area contributed by atoms with Gasteiger partial charge >= 0.3 is 0 Å². The van der Waals surface area contributed by atoms with Crippen molar-refractivity contribution >= 4 is 23.1 Å². The van der Waals surface area contributed by atoms with Crippen molar-refractivity contribution in [1.29, 1.82) is 0 Å². The Bertz CT molecular complexity index is 1130. The molecule has 3 aromatic heterocycles. The van der Waals surface area contributed by atoms with E-state index in [0.717, 1.165) is 34.6 Å². The van der Waals surface area contributed by atoms with Gasteiger partial charge in [0.05, 0.1) is 16.2 Å². The summed E-state index contributed by atoms with van der Waals surface area (Å²) in [6.07, 6.45) is 3.79. The zero-order valence-electron chi connectivity index (χ0n) is 18.2. The molecule has 7 nitrogen and oxygen atoms in total.